The van der Waals surface area contributed by atoms with Crippen molar-refractivity contribution in [2.24, 2.45) is 16.6 Å². The summed E-state index contributed by atoms with van der Waals surface area (Å²) < 4.78 is 0. The van der Waals surface area contributed by atoms with Crippen LogP contribution in [0.25, 0.3) is 0 Å². The number of hydrogen-bond acceptors (Lipinski definition) is 1. The molecule has 1 nitrogen and oxygen atoms in total. The summed E-state index contributed by atoms with van der Waals surface area (Å²) in [5.41, 5.74) is 6.84. The number of nitrogens with two attached hydrogens (primary N) is 1. The second-order valence-corrected chi connectivity index (χ2v) is 4.72. The zero-order valence-electron chi connectivity index (χ0n) is 8.28. The van der Waals surface area contributed by atoms with Gasteiger partial charge in [0.25, 0.3) is 0 Å². The summed E-state index contributed by atoms with van der Waals surface area (Å²) in [4.78, 5) is 0. The smallest absolute Gasteiger partial charge is 0.0156 e. The minimum atomic E-state index is 0.391. The molecule has 0 aromatic carbocycles. The van der Waals surface area contributed by atoms with Crippen LogP contribution in [0.5, 0.6) is 0 Å². The summed E-state index contributed by atoms with van der Waals surface area (Å²) >= 11 is 0. The van der Waals surface area contributed by atoms with Gasteiger partial charge in [-0.3, -0.25) is 0 Å². The molecule has 11 heavy (non-hydrogen) atoms. The van der Waals surface area contributed by atoms with Gasteiger partial charge in [-0.2, -0.15) is 0 Å². The van der Waals surface area contributed by atoms with E-state index in [0.717, 1.165) is 0 Å². The second-order valence-electron chi connectivity index (χ2n) is 4.72. The van der Waals surface area contributed by atoms with Crippen LogP contribution in [0.2, 0.25) is 0 Å². The molecule has 1 fully saturated rings. The molecule has 0 aromatic heterocycles. The maximum absolute atomic E-state index is 6.02. The molecule has 0 aliphatic heterocycles. The van der Waals surface area contributed by atoms with Gasteiger partial charge in [0.2, 0.25) is 0 Å². The molecule has 0 aromatic rings. The Bertz CT molecular complexity index is 151. The van der Waals surface area contributed by atoms with Crippen molar-refractivity contribution in [2.75, 3.05) is 0 Å². The summed E-state index contributed by atoms with van der Waals surface area (Å²) in [7, 11) is 0. The van der Waals surface area contributed by atoms with Gasteiger partial charge in [0, 0.05) is 6.04 Å². The Morgan fingerprint density at radius 2 is 1.73 bits per heavy atom. The minimum Gasteiger partial charge on any atom is -0.327 e. The van der Waals surface area contributed by atoms with Crippen LogP contribution in [0.4, 0.5) is 0 Å². The first kappa shape index (κ1) is 9.05. The first-order chi connectivity index (χ1) is 4.97. The zero-order valence-corrected chi connectivity index (χ0v) is 8.28. The number of unbranched alkanes of at least 4 members (excludes halogenated alkanes) is 1. The minimum absolute atomic E-state index is 0.391. The van der Waals surface area contributed by atoms with Gasteiger partial charge in [-0.25, -0.2) is 0 Å². The maximum atomic E-state index is 6.02. The van der Waals surface area contributed by atoms with Crippen molar-refractivity contribution in [1.82, 2.24) is 0 Å². The van der Waals surface area contributed by atoms with Crippen LogP contribution < -0.4 is 5.73 Å². The Hall–Kier alpha value is -0.0400. The average Bonchev–Trinajstić information content (AvgIpc) is 2.32. The lowest BCUT2D eigenvalue weighted by molar-refractivity contribution is 0.377. The zero-order chi connectivity index (χ0) is 8.70. The first-order valence-corrected chi connectivity index (χ1v) is 4.72. The molecule has 0 bridgehead atoms. The largest absolute Gasteiger partial charge is 0.327 e. The Balaban J connectivity index is 2.46. The molecule has 1 rings (SSSR count). The molecule has 0 heterocycles. The summed E-state index contributed by atoms with van der Waals surface area (Å²) in [5, 5.41) is 0. The van der Waals surface area contributed by atoms with Crippen molar-refractivity contribution in [2.45, 2.75) is 53.0 Å². The quantitative estimate of drug-likeness (QED) is 0.666. The Kier molecular flexibility index (Phi) is 2.04. The Labute approximate surface area is 70.4 Å². The van der Waals surface area contributed by atoms with E-state index in [1.54, 1.807) is 0 Å². The van der Waals surface area contributed by atoms with Gasteiger partial charge < -0.3 is 5.73 Å². The van der Waals surface area contributed by atoms with Gasteiger partial charge in [0.05, 0.1) is 0 Å². The fourth-order valence-corrected chi connectivity index (χ4v) is 2.14. The van der Waals surface area contributed by atoms with Gasteiger partial charge in [-0.1, -0.05) is 40.5 Å². The predicted octanol–water partition coefficient (Wildman–Crippen LogP) is 2.55. The van der Waals surface area contributed by atoms with E-state index >= 15 is 0 Å². The van der Waals surface area contributed by atoms with E-state index < -0.39 is 0 Å². The highest BCUT2D eigenvalue weighted by Crippen LogP contribution is 2.64. The highest BCUT2D eigenvalue weighted by Gasteiger charge is 2.64. The van der Waals surface area contributed by atoms with Crippen LogP contribution in [0.15, 0.2) is 0 Å². The van der Waals surface area contributed by atoms with Crippen molar-refractivity contribution in [3.05, 3.63) is 0 Å². The fourth-order valence-electron chi connectivity index (χ4n) is 2.14. The van der Waals surface area contributed by atoms with Crippen LogP contribution in [0.1, 0.15) is 47.0 Å². The second kappa shape index (κ2) is 2.48. The summed E-state index contributed by atoms with van der Waals surface area (Å²) in [6.07, 6.45) is 3.92. The topological polar surface area (TPSA) is 26.0 Å². The molecule has 1 aliphatic carbocycles. The molecule has 1 heteroatoms. The normalized spacial score (nSPS) is 40.6. The van der Waals surface area contributed by atoms with Crippen LogP contribution in [-0.4, -0.2) is 6.04 Å². The molecule has 0 saturated heterocycles. The third-order valence-corrected chi connectivity index (χ3v) is 3.90. The summed E-state index contributed by atoms with van der Waals surface area (Å²) in [6.45, 7) is 9.14. The van der Waals surface area contributed by atoms with E-state index in [4.69, 9.17) is 5.73 Å². The molecule has 1 saturated carbocycles. The van der Waals surface area contributed by atoms with Gasteiger partial charge >= 0.3 is 0 Å². The molecular weight excluding hydrogens is 134 g/mol. The third-order valence-electron chi connectivity index (χ3n) is 3.90. The molecule has 0 amide bonds. The van der Waals surface area contributed by atoms with E-state index in [1.165, 1.54) is 19.3 Å². The van der Waals surface area contributed by atoms with Crippen molar-refractivity contribution in [3.8, 4) is 0 Å². The van der Waals surface area contributed by atoms with E-state index in [9.17, 15) is 0 Å². The lowest BCUT2D eigenvalue weighted by atomic mass is 9.92. The molecule has 0 spiro atoms. The van der Waals surface area contributed by atoms with Crippen molar-refractivity contribution in [3.63, 3.8) is 0 Å². The summed E-state index contributed by atoms with van der Waals surface area (Å²) in [6, 6.07) is 0.432. The highest BCUT2D eigenvalue weighted by molar-refractivity contribution is 5.18. The van der Waals surface area contributed by atoms with Crippen LogP contribution >= 0.6 is 0 Å². The maximum Gasteiger partial charge on any atom is 0.0156 e. The number of hydrogen-bond donors (Lipinski definition) is 1. The van der Waals surface area contributed by atoms with E-state index in [2.05, 4.69) is 27.7 Å². The van der Waals surface area contributed by atoms with Crippen LogP contribution in [0.3, 0.4) is 0 Å². The average molecular weight is 155 g/mol. The Morgan fingerprint density at radius 1 is 1.27 bits per heavy atom. The van der Waals surface area contributed by atoms with Crippen molar-refractivity contribution < 1.29 is 0 Å². The van der Waals surface area contributed by atoms with Gasteiger partial charge in [-0.15, -0.1) is 0 Å². The fraction of sp³-hybridized carbons (Fsp3) is 1.00. The lowest BCUT2D eigenvalue weighted by Gasteiger charge is -2.12. The molecule has 1 aliphatic rings. The number of rotatable bonds is 3. The highest BCUT2D eigenvalue weighted by atomic mass is 14.9. The SMILES string of the molecule is CCCCC1(C)C(N)C1(C)C. The van der Waals surface area contributed by atoms with Gasteiger partial charge in [-0.05, 0) is 17.3 Å². The molecular formula is C10H21N. The molecule has 2 unspecified atom stereocenters. The first-order valence-electron chi connectivity index (χ1n) is 4.72. The monoisotopic (exact) mass is 155 g/mol. The van der Waals surface area contributed by atoms with Crippen LogP contribution in [-0.2, 0) is 0 Å². The van der Waals surface area contributed by atoms with E-state index in [1.807, 2.05) is 0 Å². The predicted molar refractivity (Wildman–Crippen MR) is 49.4 cm³/mol. The molecule has 66 valence electrons. The standard InChI is InChI=1S/C10H21N/c1-5-6-7-10(4)8(11)9(10,2)3/h8H,5-7,11H2,1-4H3. The van der Waals surface area contributed by atoms with Crippen molar-refractivity contribution >= 4 is 0 Å². The summed E-state index contributed by atoms with van der Waals surface area (Å²) in [5.74, 6) is 0. The molecule has 2 N–H and O–H groups in total. The lowest BCUT2D eigenvalue weighted by Crippen LogP contribution is -2.10. The van der Waals surface area contributed by atoms with Gasteiger partial charge in [0.15, 0.2) is 0 Å². The third kappa shape index (κ3) is 1.10. The molecule has 0 radical (unpaired) electrons. The van der Waals surface area contributed by atoms with E-state index in [0.29, 0.717) is 16.9 Å². The van der Waals surface area contributed by atoms with Crippen LogP contribution in [0, 0.1) is 10.8 Å². The van der Waals surface area contributed by atoms with E-state index in [-0.39, 0.29) is 0 Å². The van der Waals surface area contributed by atoms with Crippen molar-refractivity contribution in [1.29, 1.82) is 0 Å². The van der Waals surface area contributed by atoms with Gasteiger partial charge in [0.1, 0.15) is 0 Å². The Morgan fingerprint density at radius 3 is 2.00 bits per heavy atom. The molecule has 2 atom stereocenters.